The van der Waals surface area contributed by atoms with Crippen LogP contribution in [0.25, 0.3) is 0 Å². The van der Waals surface area contributed by atoms with Gasteiger partial charge in [0.2, 0.25) is 0 Å². The van der Waals surface area contributed by atoms with Crippen molar-refractivity contribution in [2.45, 2.75) is 64.1 Å². The highest BCUT2D eigenvalue weighted by Crippen LogP contribution is 2.34. The maximum Gasteiger partial charge on any atom is 0.0139 e. The molecule has 1 aliphatic heterocycles. The van der Waals surface area contributed by atoms with E-state index in [2.05, 4.69) is 31.4 Å². The Morgan fingerprint density at radius 3 is 2.79 bits per heavy atom. The van der Waals surface area contributed by atoms with Crippen LogP contribution in [0.5, 0.6) is 0 Å². The molecule has 1 saturated carbocycles. The van der Waals surface area contributed by atoms with Crippen LogP contribution >= 0.6 is 0 Å². The minimum absolute atomic E-state index is 0.340. The third-order valence-corrected chi connectivity index (χ3v) is 3.75. The van der Waals surface area contributed by atoms with E-state index in [-0.39, 0.29) is 0 Å². The van der Waals surface area contributed by atoms with E-state index in [1.54, 1.807) is 0 Å². The molecule has 2 aliphatic rings. The molecular formula is C12H24N2. The molecule has 1 saturated heterocycles. The summed E-state index contributed by atoms with van der Waals surface area (Å²) in [5.74, 6) is 0.980. The van der Waals surface area contributed by atoms with Crippen molar-refractivity contribution in [1.29, 1.82) is 0 Å². The largest absolute Gasteiger partial charge is 0.312 e. The summed E-state index contributed by atoms with van der Waals surface area (Å²) in [4.78, 5) is 0. The average Bonchev–Trinajstić information content (AvgIpc) is 2.81. The van der Waals surface area contributed by atoms with Gasteiger partial charge in [-0.15, -0.1) is 0 Å². The van der Waals surface area contributed by atoms with Gasteiger partial charge in [-0.05, 0) is 45.6 Å². The summed E-state index contributed by atoms with van der Waals surface area (Å²) in [6.45, 7) is 8.10. The van der Waals surface area contributed by atoms with E-state index < -0.39 is 0 Å². The van der Waals surface area contributed by atoms with Gasteiger partial charge in [-0.1, -0.05) is 13.3 Å². The number of rotatable bonds is 3. The van der Waals surface area contributed by atoms with E-state index in [1.165, 1.54) is 32.2 Å². The first-order valence-corrected chi connectivity index (χ1v) is 6.12. The van der Waals surface area contributed by atoms with Crippen LogP contribution < -0.4 is 10.6 Å². The normalized spacial score (nSPS) is 40.9. The second-order valence-corrected chi connectivity index (χ2v) is 5.68. The van der Waals surface area contributed by atoms with Crippen LogP contribution in [-0.2, 0) is 0 Å². The molecule has 2 nitrogen and oxygen atoms in total. The zero-order valence-corrected chi connectivity index (χ0v) is 9.77. The summed E-state index contributed by atoms with van der Waals surface area (Å²) in [6, 6.07) is 1.60. The van der Waals surface area contributed by atoms with Crippen LogP contribution in [0.15, 0.2) is 0 Å². The van der Waals surface area contributed by atoms with Crippen molar-refractivity contribution >= 4 is 0 Å². The van der Waals surface area contributed by atoms with Gasteiger partial charge in [-0.3, -0.25) is 0 Å². The van der Waals surface area contributed by atoms with E-state index in [0.29, 0.717) is 5.54 Å². The van der Waals surface area contributed by atoms with E-state index in [0.717, 1.165) is 18.0 Å². The highest BCUT2D eigenvalue weighted by molar-refractivity contribution is 4.97. The minimum Gasteiger partial charge on any atom is -0.312 e. The Kier molecular flexibility index (Phi) is 2.85. The van der Waals surface area contributed by atoms with E-state index in [4.69, 9.17) is 0 Å². The summed E-state index contributed by atoms with van der Waals surface area (Å²) < 4.78 is 0. The second kappa shape index (κ2) is 3.82. The summed E-state index contributed by atoms with van der Waals surface area (Å²) in [5.41, 5.74) is 0.340. The summed E-state index contributed by atoms with van der Waals surface area (Å²) in [5, 5.41) is 7.38. The molecule has 0 aromatic carbocycles. The molecule has 0 aromatic heterocycles. The topological polar surface area (TPSA) is 24.1 Å². The molecule has 2 fully saturated rings. The molecule has 0 radical (unpaired) electrons. The smallest absolute Gasteiger partial charge is 0.0139 e. The highest BCUT2D eigenvalue weighted by Gasteiger charge is 2.38. The van der Waals surface area contributed by atoms with Gasteiger partial charge in [0.1, 0.15) is 0 Å². The summed E-state index contributed by atoms with van der Waals surface area (Å²) in [7, 11) is 0. The van der Waals surface area contributed by atoms with Gasteiger partial charge in [-0.25, -0.2) is 0 Å². The van der Waals surface area contributed by atoms with Gasteiger partial charge >= 0.3 is 0 Å². The Morgan fingerprint density at radius 1 is 1.43 bits per heavy atom. The van der Waals surface area contributed by atoms with Crippen molar-refractivity contribution in [3.05, 3.63) is 0 Å². The van der Waals surface area contributed by atoms with E-state index in [9.17, 15) is 0 Å². The molecule has 1 aliphatic carbocycles. The molecule has 14 heavy (non-hydrogen) atoms. The number of piperidine rings is 1. The maximum atomic E-state index is 3.81. The van der Waals surface area contributed by atoms with Crippen molar-refractivity contribution in [3.63, 3.8) is 0 Å². The van der Waals surface area contributed by atoms with Crippen molar-refractivity contribution in [1.82, 2.24) is 10.6 Å². The fourth-order valence-corrected chi connectivity index (χ4v) is 2.72. The predicted molar refractivity (Wildman–Crippen MR) is 60.4 cm³/mol. The van der Waals surface area contributed by atoms with Crippen LogP contribution in [0.1, 0.15) is 46.5 Å². The summed E-state index contributed by atoms with van der Waals surface area (Å²) >= 11 is 0. The molecule has 2 heteroatoms. The SMILES string of the molecule is CCC1CC1NC1CCNC(C)(C)C1. The molecule has 0 spiro atoms. The van der Waals surface area contributed by atoms with Gasteiger partial charge in [0.15, 0.2) is 0 Å². The minimum atomic E-state index is 0.340. The Balaban J connectivity index is 1.76. The van der Waals surface area contributed by atoms with Gasteiger partial charge in [0.05, 0.1) is 0 Å². The first-order valence-electron chi connectivity index (χ1n) is 6.12. The highest BCUT2D eigenvalue weighted by atomic mass is 15.1. The van der Waals surface area contributed by atoms with Crippen molar-refractivity contribution in [2.24, 2.45) is 5.92 Å². The monoisotopic (exact) mass is 196 g/mol. The second-order valence-electron chi connectivity index (χ2n) is 5.68. The lowest BCUT2D eigenvalue weighted by molar-refractivity contribution is 0.245. The lowest BCUT2D eigenvalue weighted by Crippen LogP contribution is -2.52. The molecule has 0 aromatic rings. The van der Waals surface area contributed by atoms with Crippen molar-refractivity contribution in [3.8, 4) is 0 Å². The molecule has 0 bridgehead atoms. The fourth-order valence-electron chi connectivity index (χ4n) is 2.72. The lowest BCUT2D eigenvalue weighted by Gasteiger charge is -2.37. The van der Waals surface area contributed by atoms with Crippen molar-refractivity contribution < 1.29 is 0 Å². The third kappa shape index (κ3) is 2.48. The number of hydrogen-bond acceptors (Lipinski definition) is 2. The molecule has 0 amide bonds. The average molecular weight is 196 g/mol. The fraction of sp³-hybridized carbons (Fsp3) is 1.00. The summed E-state index contributed by atoms with van der Waals surface area (Å²) in [6.07, 6.45) is 5.35. The molecule has 3 atom stereocenters. The molecule has 3 unspecified atom stereocenters. The number of nitrogens with one attached hydrogen (secondary N) is 2. The van der Waals surface area contributed by atoms with Crippen molar-refractivity contribution in [2.75, 3.05) is 6.54 Å². The quantitative estimate of drug-likeness (QED) is 0.720. The molecule has 1 heterocycles. The van der Waals surface area contributed by atoms with Gasteiger partial charge in [0.25, 0.3) is 0 Å². The number of hydrogen-bond donors (Lipinski definition) is 2. The first kappa shape index (κ1) is 10.4. The van der Waals surface area contributed by atoms with Gasteiger partial charge < -0.3 is 10.6 Å². The van der Waals surface area contributed by atoms with E-state index >= 15 is 0 Å². The van der Waals surface area contributed by atoms with Gasteiger partial charge in [-0.2, -0.15) is 0 Å². The standard InChI is InChI=1S/C12H24N2/c1-4-9-7-11(9)14-10-5-6-13-12(2,3)8-10/h9-11,13-14H,4-8H2,1-3H3. The molecular weight excluding hydrogens is 172 g/mol. The Labute approximate surface area is 87.8 Å². The van der Waals surface area contributed by atoms with Crippen LogP contribution in [-0.4, -0.2) is 24.2 Å². The zero-order valence-electron chi connectivity index (χ0n) is 9.77. The third-order valence-electron chi connectivity index (χ3n) is 3.75. The first-order chi connectivity index (χ1) is 6.61. The molecule has 82 valence electrons. The Morgan fingerprint density at radius 2 is 2.21 bits per heavy atom. The van der Waals surface area contributed by atoms with Crippen LogP contribution in [0.2, 0.25) is 0 Å². The van der Waals surface area contributed by atoms with E-state index in [1.807, 2.05) is 0 Å². The maximum absolute atomic E-state index is 3.81. The molecule has 2 N–H and O–H groups in total. The predicted octanol–water partition coefficient (Wildman–Crippen LogP) is 1.91. The van der Waals surface area contributed by atoms with Crippen LogP contribution in [0, 0.1) is 5.92 Å². The zero-order chi connectivity index (χ0) is 10.2. The Hall–Kier alpha value is -0.0800. The van der Waals surface area contributed by atoms with Crippen LogP contribution in [0.4, 0.5) is 0 Å². The Bertz CT molecular complexity index is 200. The molecule has 2 rings (SSSR count). The van der Waals surface area contributed by atoms with Gasteiger partial charge in [0, 0.05) is 17.6 Å². The van der Waals surface area contributed by atoms with Crippen LogP contribution in [0.3, 0.4) is 0 Å². The lowest BCUT2D eigenvalue weighted by atomic mass is 9.89.